The fourth-order valence-corrected chi connectivity index (χ4v) is 3.44. The van der Waals surface area contributed by atoms with E-state index in [0.29, 0.717) is 19.5 Å². The molecular formula is C20H21N5O. The smallest absolute Gasteiger partial charge is 0.245 e. The van der Waals surface area contributed by atoms with Crippen molar-refractivity contribution in [1.82, 2.24) is 24.6 Å². The van der Waals surface area contributed by atoms with E-state index in [1.807, 2.05) is 52.9 Å². The molecular weight excluding hydrogens is 326 g/mol. The lowest BCUT2D eigenvalue weighted by molar-refractivity contribution is -0.137. The summed E-state index contributed by atoms with van der Waals surface area (Å²) in [4.78, 5) is 18.9. The van der Waals surface area contributed by atoms with Crippen LogP contribution in [0.2, 0.25) is 0 Å². The number of hydrogen-bond acceptors (Lipinski definition) is 4. The van der Waals surface area contributed by atoms with Crippen LogP contribution in [-0.2, 0) is 24.2 Å². The second-order valence-electron chi connectivity index (χ2n) is 6.61. The number of benzene rings is 1. The third-order valence-corrected chi connectivity index (χ3v) is 4.82. The van der Waals surface area contributed by atoms with Crippen molar-refractivity contribution >= 4 is 5.91 Å². The van der Waals surface area contributed by atoms with E-state index in [1.54, 1.807) is 6.20 Å². The van der Waals surface area contributed by atoms with Crippen molar-refractivity contribution in [1.29, 1.82) is 0 Å². The molecule has 0 fully saturated rings. The van der Waals surface area contributed by atoms with E-state index in [1.165, 1.54) is 5.56 Å². The molecule has 3 heterocycles. The van der Waals surface area contributed by atoms with Gasteiger partial charge in [0.15, 0.2) is 5.82 Å². The Balaban J connectivity index is 1.51. The maximum Gasteiger partial charge on any atom is 0.245 e. The Morgan fingerprint density at radius 1 is 1.08 bits per heavy atom. The summed E-state index contributed by atoms with van der Waals surface area (Å²) in [6.45, 7) is 3.13. The molecule has 132 valence electrons. The zero-order valence-corrected chi connectivity index (χ0v) is 14.7. The molecule has 0 aliphatic carbocycles. The van der Waals surface area contributed by atoms with E-state index < -0.39 is 0 Å². The van der Waals surface area contributed by atoms with Gasteiger partial charge in [-0.15, -0.1) is 10.2 Å². The Labute approximate surface area is 152 Å². The summed E-state index contributed by atoms with van der Waals surface area (Å²) in [5.41, 5.74) is 2.30. The van der Waals surface area contributed by atoms with Crippen molar-refractivity contribution < 1.29 is 4.79 Å². The molecule has 0 radical (unpaired) electrons. The van der Waals surface area contributed by atoms with Gasteiger partial charge in [-0.05, 0) is 30.5 Å². The minimum absolute atomic E-state index is 0.126. The van der Waals surface area contributed by atoms with Gasteiger partial charge in [-0.25, -0.2) is 0 Å². The first kappa shape index (κ1) is 16.4. The third kappa shape index (κ3) is 3.22. The first-order chi connectivity index (χ1) is 12.7. The summed E-state index contributed by atoms with van der Waals surface area (Å²) in [5, 5.41) is 8.68. The number of carbonyl (C=O) groups is 1. The predicted molar refractivity (Wildman–Crippen MR) is 97.3 cm³/mol. The highest BCUT2D eigenvalue weighted by Crippen LogP contribution is 2.24. The van der Waals surface area contributed by atoms with Gasteiger partial charge in [0.1, 0.15) is 11.9 Å². The molecule has 2 aromatic heterocycles. The minimum atomic E-state index is -0.281. The molecule has 0 N–H and O–H groups in total. The van der Waals surface area contributed by atoms with Crippen LogP contribution in [0.15, 0.2) is 54.9 Å². The number of amides is 1. The molecule has 0 unspecified atom stereocenters. The number of carbonyl (C=O) groups excluding carboxylic acids is 1. The molecule has 0 bridgehead atoms. The topological polar surface area (TPSA) is 63.9 Å². The fourth-order valence-electron chi connectivity index (χ4n) is 3.44. The van der Waals surface area contributed by atoms with Crippen LogP contribution in [-0.4, -0.2) is 37.1 Å². The maximum atomic E-state index is 12.8. The van der Waals surface area contributed by atoms with Gasteiger partial charge in [0.2, 0.25) is 5.91 Å². The summed E-state index contributed by atoms with van der Waals surface area (Å²) in [5.74, 6) is 1.79. The van der Waals surface area contributed by atoms with Gasteiger partial charge >= 0.3 is 0 Å². The molecule has 0 saturated heterocycles. The molecule has 1 aromatic carbocycles. The van der Waals surface area contributed by atoms with Crippen LogP contribution in [0.4, 0.5) is 0 Å². The zero-order chi connectivity index (χ0) is 17.9. The number of rotatable bonds is 5. The highest BCUT2D eigenvalue weighted by molar-refractivity contribution is 5.81. The molecule has 1 aliphatic heterocycles. The summed E-state index contributed by atoms with van der Waals surface area (Å²) in [6, 6.07) is 13.9. The minimum Gasteiger partial charge on any atom is -0.333 e. The average molecular weight is 347 g/mol. The van der Waals surface area contributed by atoms with Crippen molar-refractivity contribution in [3.05, 3.63) is 77.6 Å². The number of aromatic nitrogens is 4. The first-order valence-electron chi connectivity index (χ1n) is 8.86. The highest BCUT2D eigenvalue weighted by atomic mass is 16.2. The number of fused-ring (bicyclic) bond motifs is 1. The Morgan fingerprint density at radius 2 is 1.88 bits per heavy atom. The molecule has 6 heteroatoms. The van der Waals surface area contributed by atoms with Gasteiger partial charge in [-0.3, -0.25) is 9.78 Å². The Hall–Kier alpha value is -3.02. The van der Waals surface area contributed by atoms with Crippen molar-refractivity contribution in [3.63, 3.8) is 0 Å². The normalized spacial score (nSPS) is 16.6. The van der Waals surface area contributed by atoms with Crippen molar-refractivity contribution in [3.8, 4) is 0 Å². The molecule has 0 saturated carbocycles. The standard InChI is InChI=1S/C20H21N5O/c1-15-20(26)24(11-9-16-6-3-2-4-7-16)14-19-23-22-18(25(15)19)12-17-8-5-10-21-13-17/h2-8,10,13,15H,9,11-12,14H2,1H3/t15-/m0/s1. The molecule has 6 nitrogen and oxygen atoms in total. The lowest BCUT2D eigenvalue weighted by Gasteiger charge is -2.32. The van der Waals surface area contributed by atoms with E-state index in [2.05, 4.69) is 27.3 Å². The molecule has 0 spiro atoms. The second kappa shape index (κ2) is 7.07. The van der Waals surface area contributed by atoms with Gasteiger partial charge in [0.25, 0.3) is 0 Å². The van der Waals surface area contributed by atoms with Crippen LogP contribution < -0.4 is 0 Å². The molecule has 1 atom stereocenters. The monoisotopic (exact) mass is 347 g/mol. The van der Waals surface area contributed by atoms with Crippen molar-refractivity contribution in [2.45, 2.75) is 32.4 Å². The number of pyridine rings is 1. The van der Waals surface area contributed by atoms with Gasteiger partial charge in [0.05, 0.1) is 6.54 Å². The maximum absolute atomic E-state index is 12.8. The SMILES string of the molecule is C[C@H]1C(=O)N(CCc2ccccc2)Cc2nnc(Cc3cccnc3)n21. The van der Waals surface area contributed by atoms with E-state index in [9.17, 15) is 4.79 Å². The number of hydrogen-bond donors (Lipinski definition) is 0. The summed E-state index contributed by atoms with van der Waals surface area (Å²) < 4.78 is 1.98. The number of nitrogens with zero attached hydrogens (tertiary/aromatic N) is 5. The Morgan fingerprint density at radius 3 is 2.65 bits per heavy atom. The van der Waals surface area contributed by atoms with Gasteiger partial charge in [-0.2, -0.15) is 0 Å². The van der Waals surface area contributed by atoms with Crippen molar-refractivity contribution in [2.75, 3.05) is 6.54 Å². The van der Waals surface area contributed by atoms with Crippen LogP contribution in [0.25, 0.3) is 0 Å². The van der Waals surface area contributed by atoms with E-state index in [0.717, 1.165) is 23.6 Å². The summed E-state index contributed by atoms with van der Waals surface area (Å²) >= 11 is 0. The predicted octanol–water partition coefficient (Wildman–Crippen LogP) is 2.41. The molecule has 1 amide bonds. The van der Waals surface area contributed by atoms with E-state index in [-0.39, 0.29) is 11.9 Å². The lowest BCUT2D eigenvalue weighted by Crippen LogP contribution is -2.43. The molecule has 3 aromatic rings. The van der Waals surface area contributed by atoms with Gasteiger partial charge in [0, 0.05) is 25.4 Å². The second-order valence-corrected chi connectivity index (χ2v) is 6.61. The first-order valence-corrected chi connectivity index (χ1v) is 8.86. The van der Waals surface area contributed by atoms with Crippen LogP contribution in [0.3, 0.4) is 0 Å². The lowest BCUT2D eigenvalue weighted by atomic mass is 10.1. The van der Waals surface area contributed by atoms with Crippen LogP contribution in [0.1, 0.15) is 35.7 Å². The third-order valence-electron chi connectivity index (χ3n) is 4.82. The van der Waals surface area contributed by atoms with E-state index >= 15 is 0 Å². The zero-order valence-electron chi connectivity index (χ0n) is 14.7. The van der Waals surface area contributed by atoms with Crippen LogP contribution in [0.5, 0.6) is 0 Å². The van der Waals surface area contributed by atoms with Crippen LogP contribution in [0, 0.1) is 0 Å². The van der Waals surface area contributed by atoms with Crippen molar-refractivity contribution in [2.24, 2.45) is 0 Å². The average Bonchev–Trinajstić information content (AvgIpc) is 3.08. The quantitative estimate of drug-likeness (QED) is 0.711. The summed E-state index contributed by atoms with van der Waals surface area (Å²) in [7, 11) is 0. The van der Waals surface area contributed by atoms with Gasteiger partial charge < -0.3 is 9.47 Å². The van der Waals surface area contributed by atoms with Crippen LogP contribution >= 0.6 is 0 Å². The fraction of sp³-hybridized carbons (Fsp3) is 0.300. The largest absolute Gasteiger partial charge is 0.333 e. The van der Waals surface area contributed by atoms with Gasteiger partial charge in [-0.1, -0.05) is 36.4 Å². The molecule has 26 heavy (non-hydrogen) atoms. The molecule has 1 aliphatic rings. The molecule has 4 rings (SSSR count). The Bertz CT molecular complexity index is 891. The highest BCUT2D eigenvalue weighted by Gasteiger charge is 2.32. The van der Waals surface area contributed by atoms with E-state index in [4.69, 9.17) is 0 Å². The summed E-state index contributed by atoms with van der Waals surface area (Å²) in [6.07, 6.45) is 5.04. The Kier molecular flexibility index (Phi) is 4.48.